The third kappa shape index (κ3) is 6.60. The van der Waals surface area contributed by atoms with Crippen molar-refractivity contribution in [3.63, 3.8) is 0 Å². The Balaban J connectivity index is 1.04. The number of carbonyl (C=O) groups excluding carboxylic acids is 2. The van der Waals surface area contributed by atoms with Crippen LogP contribution in [0.2, 0.25) is 0 Å². The van der Waals surface area contributed by atoms with Gasteiger partial charge in [0.1, 0.15) is 22.7 Å². The average Bonchev–Trinajstić information content (AvgIpc) is 3.73. The molecule has 50 heavy (non-hydrogen) atoms. The van der Waals surface area contributed by atoms with Crippen LogP contribution in [-0.4, -0.2) is 89.3 Å². The Kier molecular flexibility index (Phi) is 9.38. The van der Waals surface area contributed by atoms with Gasteiger partial charge in [-0.15, -0.1) is 11.3 Å². The summed E-state index contributed by atoms with van der Waals surface area (Å²) in [5, 5.41) is 21.2. The molecule has 2 saturated heterocycles. The Bertz CT molecular complexity index is 2070. The predicted octanol–water partition coefficient (Wildman–Crippen LogP) is 4.06. The average molecular weight is 699 g/mol. The van der Waals surface area contributed by atoms with Gasteiger partial charge in [0, 0.05) is 73.1 Å². The summed E-state index contributed by atoms with van der Waals surface area (Å²) in [5.41, 5.74) is 1.55. The van der Waals surface area contributed by atoms with E-state index in [9.17, 15) is 24.6 Å². The SMILES string of the molecule is Cc1ccc(-c2cc(F)c(C(=O)N3CC[C@@H](C(=O)N4CCC(O)(Cn5cnc6c(ccn6CCO)c5=O)CC4)[C@H](c4ccccc4)C3)s2)cn1. The number of nitrogens with zero attached hydrogens (tertiary/aromatic N) is 6. The first kappa shape index (κ1) is 33.8. The van der Waals surface area contributed by atoms with Crippen LogP contribution in [0.4, 0.5) is 4.39 Å². The molecule has 0 radical (unpaired) electrons. The monoisotopic (exact) mass is 698 g/mol. The molecule has 1 aromatic carbocycles. The molecule has 2 aliphatic rings. The van der Waals surface area contributed by atoms with Crippen molar-refractivity contribution >= 4 is 34.2 Å². The molecule has 0 spiro atoms. The molecule has 0 unspecified atom stereocenters. The summed E-state index contributed by atoms with van der Waals surface area (Å²) in [5.74, 6) is -1.67. The van der Waals surface area contributed by atoms with E-state index in [2.05, 4.69) is 9.97 Å². The number of likely N-dealkylation sites (tertiary alicyclic amines) is 2. The van der Waals surface area contributed by atoms with E-state index in [0.29, 0.717) is 61.4 Å². The van der Waals surface area contributed by atoms with Gasteiger partial charge in [-0.05, 0) is 49.9 Å². The Morgan fingerprint density at radius 3 is 2.52 bits per heavy atom. The van der Waals surface area contributed by atoms with E-state index in [1.54, 1.807) is 32.8 Å². The lowest BCUT2D eigenvalue weighted by Gasteiger charge is -2.43. The molecule has 7 rings (SSSR count). The number of aliphatic hydroxyl groups excluding tert-OH is 1. The lowest BCUT2D eigenvalue weighted by molar-refractivity contribution is -0.142. The van der Waals surface area contributed by atoms with E-state index in [1.165, 1.54) is 17.0 Å². The highest BCUT2D eigenvalue weighted by atomic mass is 32.1. The zero-order valence-corrected chi connectivity index (χ0v) is 28.6. The highest BCUT2D eigenvalue weighted by Crippen LogP contribution is 2.38. The second-order valence-electron chi connectivity index (χ2n) is 13.3. The normalized spacial score (nSPS) is 19.2. The number of benzene rings is 1. The van der Waals surface area contributed by atoms with Crippen molar-refractivity contribution in [1.82, 2.24) is 28.9 Å². The van der Waals surface area contributed by atoms with Gasteiger partial charge < -0.3 is 24.6 Å². The summed E-state index contributed by atoms with van der Waals surface area (Å²) in [6, 6.07) is 16.4. The number of hydrogen-bond donors (Lipinski definition) is 2. The number of aromatic nitrogens is 4. The van der Waals surface area contributed by atoms with Crippen LogP contribution >= 0.6 is 11.3 Å². The minimum absolute atomic E-state index is 0.0325. The molecule has 6 heterocycles. The maximum atomic E-state index is 15.2. The molecule has 2 N–H and O–H groups in total. The first-order valence-corrected chi connectivity index (χ1v) is 17.7. The summed E-state index contributed by atoms with van der Waals surface area (Å²) in [4.78, 5) is 53.9. The Hall–Kier alpha value is -4.72. The zero-order valence-electron chi connectivity index (χ0n) is 27.7. The number of thiophene rings is 1. The summed E-state index contributed by atoms with van der Waals surface area (Å²) >= 11 is 1.11. The van der Waals surface area contributed by atoms with Crippen molar-refractivity contribution in [2.75, 3.05) is 32.8 Å². The molecule has 260 valence electrons. The molecular weight excluding hydrogens is 660 g/mol. The number of amides is 2. The molecule has 4 aromatic heterocycles. The first-order chi connectivity index (χ1) is 24.1. The van der Waals surface area contributed by atoms with Gasteiger partial charge in [0.15, 0.2) is 0 Å². The molecule has 2 atom stereocenters. The van der Waals surface area contributed by atoms with E-state index in [-0.39, 0.29) is 47.9 Å². The van der Waals surface area contributed by atoms with Gasteiger partial charge in [-0.2, -0.15) is 0 Å². The smallest absolute Gasteiger partial charge is 0.266 e. The van der Waals surface area contributed by atoms with Crippen LogP contribution < -0.4 is 5.56 Å². The lowest BCUT2D eigenvalue weighted by Crippen LogP contribution is -2.53. The maximum Gasteiger partial charge on any atom is 0.266 e. The van der Waals surface area contributed by atoms with Crippen molar-refractivity contribution in [1.29, 1.82) is 0 Å². The van der Waals surface area contributed by atoms with E-state index in [0.717, 1.165) is 28.2 Å². The van der Waals surface area contributed by atoms with Crippen molar-refractivity contribution in [2.24, 2.45) is 5.92 Å². The summed E-state index contributed by atoms with van der Waals surface area (Å²) < 4.78 is 18.3. The number of aryl methyl sites for hydroxylation is 1. The van der Waals surface area contributed by atoms with E-state index in [4.69, 9.17) is 0 Å². The van der Waals surface area contributed by atoms with Crippen molar-refractivity contribution in [3.8, 4) is 10.4 Å². The summed E-state index contributed by atoms with van der Waals surface area (Å²) in [6.07, 6.45) is 5.81. The van der Waals surface area contributed by atoms with Gasteiger partial charge in [0.25, 0.3) is 11.5 Å². The topological polar surface area (TPSA) is 134 Å². The number of halogens is 1. The fourth-order valence-electron chi connectivity index (χ4n) is 7.24. The fourth-order valence-corrected chi connectivity index (χ4v) is 8.24. The molecule has 11 nitrogen and oxygen atoms in total. The van der Waals surface area contributed by atoms with Gasteiger partial charge in [0.2, 0.25) is 5.91 Å². The number of carbonyl (C=O) groups is 2. The standard InChI is InChI=1S/C37H39FN6O5S/c1-24-7-8-26(20-39-24)31-19-30(38)32(50-31)36(48)43-14-9-27(29(21-43)25-5-3-2-4-6-25)34(46)42-15-11-37(49,12-16-42)22-44-23-40-33-28(35(44)47)10-13-41(33)17-18-45/h2-8,10,13,19-20,23,27,29,45,49H,9,11-12,14-18,21-22H2,1H3/t27-,29+/m1/s1. The van der Waals surface area contributed by atoms with Crippen molar-refractivity contribution in [2.45, 2.75) is 50.8 Å². The molecular formula is C37H39FN6O5S. The van der Waals surface area contributed by atoms with Gasteiger partial charge in [-0.1, -0.05) is 36.4 Å². The van der Waals surface area contributed by atoms with E-state index >= 15 is 4.39 Å². The number of hydrogen-bond acceptors (Lipinski definition) is 8. The Labute approximate surface area is 292 Å². The summed E-state index contributed by atoms with van der Waals surface area (Å²) in [6.45, 7) is 3.42. The number of piperidine rings is 2. The Morgan fingerprint density at radius 2 is 1.80 bits per heavy atom. The highest BCUT2D eigenvalue weighted by molar-refractivity contribution is 7.17. The largest absolute Gasteiger partial charge is 0.395 e. The minimum atomic E-state index is -1.20. The van der Waals surface area contributed by atoms with Crippen molar-refractivity contribution < 1.29 is 24.2 Å². The van der Waals surface area contributed by atoms with Crippen LogP contribution in [0.3, 0.4) is 0 Å². The van der Waals surface area contributed by atoms with Crippen LogP contribution in [0.15, 0.2) is 78.1 Å². The lowest BCUT2D eigenvalue weighted by atomic mass is 9.79. The van der Waals surface area contributed by atoms with Crippen LogP contribution in [0.1, 0.15) is 46.1 Å². The van der Waals surface area contributed by atoms with Gasteiger partial charge in [-0.25, -0.2) is 9.37 Å². The quantitative estimate of drug-likeness (QED) is 0.250. The summed E-state index contributed by atoms with van der Waals surface area (Å²) in [7, 11) is 0. The molecule has 2 amide bonds. The molecule has 0 bridgehead atoms. The van der Waals surface area contributed by atoms with E-state index in [1.807, 2.05) is 49.4 Å². The van der Waals surface area contributed by atoms with E-state index < -0.39 is 17.3 Å². The zero-order chi connectivity index (χ0) is 35.0. The van der Waals surface area contributed by atoms with Crippen LogP contribution in [-0.2, 0) is 17.9 Å². The number of fused-ring (bicyclic) bond motifs is 1. The third-order valence-electron chi connectivity index (χ3n) is 10.1. The minimum Gasteiger partial charge on any atom is -0.395 e. The van der Waals surface area contributed by atoms with Gasteiger partial charge >= 0.3 is 0 Å². The van der Waals surface area contributed by atoms with Crippen LogP contribution in [0.25, 0.3) is 21.5 Å². The molecule has 0 aliphatic carbocycles. The maximum absolute atomic E-state index is 15.2. The third-order valence-corrected chi connectivity index (χ3v) is 11.2. The molecule has 2 aliphatic heterocycles. The fraction of sp³-hybridized carbons (Fsp3) is 0.378. The first-order valence-electron chi connectivity index (χ1n) is 16.9. The second-order valence-corrected chi connectivity index (χ2v) is 14.4. The molecule has 0 saturated carbocycles. The predicted molar refractivity (Wildman–Crippen MR) is 187 cm³/mol. The molecule has 5 aromatic rings. The van der Waals surface area contributed by atoms with Crippen LogP contribution in [0, 0.1) is 18.7 Å². The second kappa shape index (κ2) is 13.9. The molecule has 2 fully saturated rings. The number of aliphatic hydroxyl groups is 2. The molecule has 13 heteroatoms. The highest BCUT2D eigenvalue weighted by Gasteiger charge is 2.42. The number of rotatable bonds is 8. The van der Waals surface area contributed by atoms with Crippen LogP contribution in [0.5, 0.6) is 0 Å². The van der Waals surface area contributed by atoms with Gasteiger partial charge in [0.05, 0.1) is 24.1 Å². The number of pyridine rings is 1. The van der Waals surface area contributed by atoms with Gasteiger partial charge in [-0.3, -0.25) is 23.9 Å². The Morgan fingerprint density at radius 1 is 1.02 bits per heavy atom. The van der Waals surface area contributed by atoms with Crippen molar-refractivity contribution in [3.05, 3.63) is 106 Å².